The maximum atomic E-state index is 13.2. The summed E-state index contributed by atoms with van der Waals surface area (Å²) < 4.78 is 17.9. The Balaban J connectivity index is 1.48. The van der Waals surface area contributed by atoms with Crippen molar-refractivity contribution in [2.24, 2.45) is 7.05 Å². The molecule has 0 aliphatic rings. The first-order chi connectivity index (χ1) is 19.8. The number of carboxylic acids is 1. The molecule has 2 aromatic heterocycles. The van der Waals surface area contributed by atoms with E-state index in [9.17, 15) is 14.7 Å². The molecule has 0 aliphatic carbocycles. The van der Waals surface area contributed by atoms with Gasteiger partial charge in [-0.05, 0) is 47.4 Å². The van der Waals surface area contributed by atoms with E-state index in [0.717, 1.165) is 10.5 Å². The Bertz CT molecular complexity index is 1790. The van der Waals surface area contributed by atoms with Crippen LogP contribution in [0, 0.1) is 0 Å². The van der Waals surface area contributed by atoms with Gasteiger partial charge < -0.3 is 30.0 Å². The van der Waals surface area contributed by atoms with Crippen molar-refractivity contribution in [2.75, 3.05) is 32.0 Å². The highest BCUT2D eigenvalue weighted by Gasteiger charge is 2.25. The van der Waals surface area contributed by atoms with E-state index < -0.39 is 5.97 Å². The molecule has 11 nitrogen and oxygen atoms in total. The van der Waals surface area contributed by atoms with Crippen LogP contribution in [0.3, 0.4) is 0 Å². The van der Waals surface area contributed by atoms with Gasteiger partial charge in [-0.1, -0.05) is 17.4 Å². The van der Waals surface area contributed by atoms with Crippen molar-refractivity contribution >= 4 is 50.8 Å². The molecule has 0 saturated carbocycles. The van der Waals surface area contributed by atoms with Crippen molar-refractivity contribution in [1.82, 2.24) is 9.97 Å². The second-order valence-electron chi connectivity index (χ2n) is 8.80. The zero-order valence-electron chi connectivity index (χ0n) is 22.6. The lowest BCUT2D eigenvalue weighted by Gasteiger charge is -2.11. The van der Waals surface area contributed by atoms with Crippen molar-refractivity contribution in [3.8, 4) is 28.6 Å². The molecule has 41 heavy (non-hydrogen) atoms. The molecule has 208 valence electrons. The molecule has 5 aromatic rings. The Kier molecular flexibility index (Phi) is 7.66. The van der Waals surface area contributed by atoms with Crippen LogP contribution >= 0.6 is 11.3 Å². The Morgan fingerprint density at radius 2 is 1.63 bits per heavy atom. The van der Waals surface area contributed by atoms with Gasteiger partial charge in [0, 0.05) is 29.1 Å². The summed E-state index contributed by atoms with van der Waals surface area (Å²) in [6.07, 6.45) is 0. The van der Waals surface area contributed by atoms with Gasteiger partial charge in [0.2, 0.25) is 4.83 Å². The lowest BCUT2D eigenvalue weighted by Crippen LogP contribution is -2.33. The molecule has 0 radical (unpaired) electrons. The first-order valence-corrected chi connectivity index (χ1v) is 13.2. The molecule has 0 spiro atoms. The normalized spacial score (nSPS) is 10.7. The third kappa shape index (κ3) is 5.45. The number of carbonyl (C=O) groups is 2. The molecule has 0 atom stereocenters. The average molecular weight is 573 g/mol. The summed E-state index contributed by atoms with van der Waals surface area (Å²) in [4.78, 5) is 34.8. The number of aromatic nitrogens is 3. The topological polar surface area (TPSA) is 136 Å². The van der Waals surface area contributed by atoms with E-state index in [1.807, 2.05) is 29.8 Å². The number of ether oxygens (including phenoxy) is 3. The number of anilines is 3. The summed E-state index contributed by atoms with van der Waals surface area (Å²) in [6, 6.07) is 16.9. The van der Waals surface area contributed by atoms with Crippen LogP contribution in [0.1, 0.15) is 20.7 Å². The van der Waals surface area contributed by atoms with Crippen LogP contribution in [-0.4, -0.2) is 48.3 Å². The van der Waals surface area contributed by atoms with Crippen molar-refractivity contribution < 1.29 is 33.5 Å². The smallest absolute Gasteiger partial charge is 0.339 e. The van der Waals surface area contributed by atoms with Crippen LogP contribution in [0.5, 0.6) is 17.2 Å². The average Bonchev–Trinajstić information content (AvgIpc) is 3.49. The molecular formula is C29H26N5O6S+. The van der Waals surface area contributed by atoms with E-state index in [2.05, 4.69) is 15.6 Å². The number of thiazole rings is 1. The predicted molar refractivity (Wildman–Crippen MR) is 155 cm³/mol. The second-order valence-corrected chi connectivity index (χ2v) is 9.63. The van der Waals surface area contributed by atoms with Crippen LogP contribution in [0.15, 0.2) is 66.2 Å². The number of carboxylic acid groups (broad SMARTS) is 1. The number of rotatable bonds is 9. The van der Waals surface area contributed by atoms with E-state index in [4.69, 9.17) is 19.2 Å². The monoisotopic (exact) mass is 572 g/mol. The number of hydrogen-bond acceptors (Lipinski definition) is 9. The highest BCUT2D eigenvalue weighted by molar-refractivity contribution is 7.15. The molecule has 0 unspecified atom stereocenters. The Morgan fingerprint density at radius 3 is 2.37 bits per heavy atom. The number of carbonyl (C=O) groups excluding carboxylic acids is 1. The van der Waals surface area contributed by atoms with E-state index >= 15 is 0 Å². The molecule has 5 rings (SSSR count). The maximum Gasteiger partial charge on any atom is 0.339 e. The minimum Gasteiger partial charge on any atom is -0.496 e. The molecule has 0 bridgehead atoms. The summed E-state index contributed by atoms with van der Waals surface area (Å²) >= 11 is 1.47. The van der Waals surface area contributed by atoms with Gasteiger partial charge in [-0.2, -0.15) is 0 Å². The second kappa shape index (κ2) is 11.5. The number of amides is 1. The van der Waals surface area contributed by atoms with Crippen LogP contribution < -0.4 is 29.4 Å². The Morgan fingerprint density at radius 1 is 0.902 bits per heavy atom. The first kappa shape index (κ1) is 27.3. The van der Waals surface area contributed by atoms with Gasteiger partial charge >= 0.3 is 11.8 Å². The van der Waals surface area contributed by atoms with Gasteiger partial charge in [0.25, 0.3) is 11.7 Å². The van der Waals surface area contributed by atoms with E-state index in [1.165, 1.54) is 36.6 Å². The molecule has 0 fully saturated rings. The van der Waals surface area contributed by atoms with Gasteiger partial charge in [-0.15, -0.1) is 0 Å². The minimum atomic E-state index is -1.12. The molecule has 12 heteroatoms. The van der Waals surface area contributed by atoms with Gasteiger partial charge in [-0.25, -0.2) is 14.3 Å². The zero-order chi connectivity index (χ0) is 29.1. The van der Waals surface area contributed by atoms with Crippen molar-refractivity contribution in [3.63, 3.8) is 0 Å². The number of nitrogens with one attached hydrogen (secondary N) is 2. The van der Waals surface area contributed by atoms with Crippen LogP contribution in [0.4, 0.5) is 17.2 Å². The Hall–Kier alpha value is -5.23. The van der Waals surface area contributed by atoms with E-state index in [-0.39, 0.29) is 17.2 Å². The van der Waals surface area contributed by atoms with Crippen molar-refractivity contribution in [3.05, 3.63) is 77.3 Å². The maximum absolute atomic E-state index is 13.2. The van der Waals surface area contributed by atoms with Crippen molar-refractivity contribution in [2.45, 2.75) is 0 Å². The standard InChI is InChI=1S/C29H25N5O6S/c1-34-26(33-25(24-28(34)41-15-30-24)31-18-9-11-21(38-2)23(14-18)40-4)16-6-5-7-17(12-16)27(35)32-19-8-10-20(29(36)37)22(13-19)39-3/h5-15H,1-4H3,(H2,32,35,36,37)/p+1. The fourth-order valence-electron chi connectivity index (χ4n) is 4.31. The summed E-state index contributed by atoms with van der Waals surface area (Å²) in [6.45, 7) is 0. The Labute approximate surface area is 239 Å². The third-order valence-corrected chi connectivity index (χ3v) is 7.23. The molecule has 1 amide bonds. The SMILES string of the molecule is COc1ccc(Nc2nc(-c3cccc(C(=O)Nc4ccc(C(=O)O)c(OC)c4)c3)[n+](C)c3scnc23)cc1OC. The van der Waals surface area contributed by atoms with Crippen LogP contribution in [-0.2, 0) is 7.05 Å². The van der Waals surface area contributed by atoms with Crippen LogP contribution in [0.2, 0.25) is 0 Å². The lowest BCUT2D eigenvalue weighted by atomic mass is 10.1. The van der Waals surface area contributed by atoms with Crippen LogP contribution in [0.25, 0.3) is 21.7 Å². The summed E-state index contributed by atoms with van der Waals surface area (Å²) in [7, 11) is 6.42. The third-order valence-electron chi connectivity index (χ3n) is 6.33. The van der Waals surface area contributed by atoms with Gasteiger partial charge in [0.05, 0.1) is 39.5 Å². The van der Waals surface area contributed by atoms with Gasteiger partial charge in [0.1, 0.15) is 11.3 Å². The molecular weight excluding hydrogens is 546 g/mol. The number of fused-ring (bicyclic) bond motifs is 1. The quantitative estimate of drug-likeness (QED) is 0.211. The molecule has 0 aliphatic heterocycles. The lowest BCUT2D eigenvalue weighted by molar-refractivity contribution is -0.634. The fourth-order valence-corrected chi connectivity index (χ4v) is 5.08. The van der Waals surface area contributed by atoms with E-state index in [0.29, 0.717) is 45.5 Å². The molecule has 0 saturated heterocycles. The summed E-state index contributed by atoms with van der Waals surface area (Å²) in [5, 5.41) is 15.5. The molecule has 3 N–H and O–H groups in total. The molecule has 2 heterocycles. The number of methoxy groups -OCH3 is 3. The highest BCUT2D eigenvalue weighted by Crippen LogP contribution is 2.33. The number of benzene rings is 3. The highest BCUT2D eigenvalue weighted by atomic mass is 32.1. The number of hydrogen-bond donors (Lipinski definition) is 3. The summed E-state index contributed by atoms with van der Waals surface area (Å²) in [5.74, 6) is 0.994. The number of aryl methyl sites for hydroxylation is 1. The predicted octanol–water partition coefficient (Wildman–Crippen LogP) is 4.90. The fraction of sp³-hybridized carbons (Fsp3) is 0.138. The van der Waals surface area contributed by atoms with Crippen molar-refractivity contribution in [1.29, 1.82) is 0 Å². The minimum absolute atomic E-state index is 0.00188. The van der Waals surface area contributed by atoms with E-state index in [1.54, 1.807) is 44.0 Å². The summed E-state index contributed by atoms with van der Waals surface area (Å²) in [5.41, 5.74) is 4.70. The number of nitrogens with zero attached hydrogens (tertiary/aromatic N) is 3. The largest absolute Gasteiger partial charge is 0.496 e. The van der Waals surface area contributed by atoms with Gasteiger partial charge in [-0.3, -0.25) is 4.79 Å². The first-order valence-electron chi connectivity index (χ1n) is 12.3. The molecule has 3 aromatic carbocycles. The number of aromatic carboxylic acids is 1. The van der Waals surface area contributed by atoms with Gasteiger partial charge in [0.15, 0.2) is 17.0 Å². The zero-order valence-corrected chi connectivity index (χ0v) is 23.4.